The normalized spacial score (nSPS) is 11.5. The zero-order valence-corrected chi connectivity index (χ0v) is 22.2. The van der Waals surface area contributed by atoms with Crippen LogP contribution in [0.5, 0.6) is 0 Å². The molecule has 0 saturated heterocycles. The highest BCUT2D eigenvalue weighted by Gasteiger charge is 2.28. The third kappa shape index (κ3) is 5.27. The van der Waals surface area contributed by atoms with E-state index >= 15 is 0 Å². The molecule has 0 aliphatic carbocycles. The molecule has 1 amide bonds. The summed E-state index contributed by atoms with van der Waals surface area (Å²) in [7, 11) is 1.83. The van der Waals surface area contributed by atoms with Crippen LogP contribution in [0.1, 0.15) is 25.1 Å². The minimum absolute atomic E-state index is 0.427. The molecule has 4 heterocycles. The van der Waals surface area contributed by atoms with Gasteiger partial charge in [-0.3, -0.25) is 28.6 Å². The number of hydrogen-bond donors (Lipinski definition) is 1. The summed E-state index contributed by atoms with van der Waals surface area (Å²) in [5.41, 5.74) is 4.71. The first kappa shape index (κ1) is 27.6. The molecule has 12 heteroatoms. The van der Waals surface area contributed by atoms with Crippen molar-refractivity contribution in [1.82, 2.24) is 34.2 Å². The quantitative estimate of drug-likeness (QED) is 0.356. The van der Waals surface area contributed by atoms with Gasteiger partial charge in [-0.1, -0.05) is 26.0 Å². The van der Waals surface area contributed by atoms with Gasteiger partial charge in [-0.15, -0.1) is 0 Å². The van der Waals surface area contributed by atoms with E-state index in [1.807, 2.05) is 46.1 Å². The second kappa shape index (κ2) is 10.7. The summed E-state index contributed by atoms with van der Waals surface area (Å²) < 4.78 is 41.9. The van der Waals surface area contributed by atoms with Gasteiger partial charge in [0.15, 0.2) is 0 Å². The molecule has 204 valence electrons. The Morgan fingerprint density at radius 3 is 2.41 bits per heavy atom. The molecule has 39 heavy (non-hydrogen) atoms. The van der Waals surface area contributed by atoms with Gasteiger partial charge in [0.25, 0.3) is 0 Å². The van der Waals surface area contributed by atoms with Gasteiger partial charge < -0.3 is 5.32 Å². The number of aryl methyl sites for hydroxylation is 3. The third-order valence-corrected chi connectivity index (χ3v) is 6.20. The van der Waals surface area contributed by atoms with E-state index in [1.165, 1.54) is 4.57 Å². The number of rotatable bonds is 5. The number of aromatic nitrogens is 6. The Bertz CT molecular complexity index is 1710. The van der Waals surface area contributed by atoms with E-state index < -0.39 is 30.9 Å². The number of nitrogens with one attached hydrogen (secondary N) is 1. The average Bonchev–Trinajstić information content (AvgIpc) is 3.41. The molecular formula is C27H28F3N7O2. The number of hydrogen-bond acceptors (Lipinski definition) is 5. The fraction of sp³-hybridized carbons (Fsp3) is 0.296. The predicted molar refractivity (Wildman–Crippen MR) is 143 cm³/mol. The van der Waals surface area contributed by atoms with Gasteiger partial charge in [-0.05, 0) is 37.6 Å². The van der Waals surface area contributed by atoms with Crippen molar-refractivity contribution in [3.8, 4) is 16.9 Å². The van der Waals surface area contributed by atoms with Crippen LogP contribution in [0.2, 0.25) is 0 Å². The number of imidazole rings is 1. The van der Waals surface area contributed by atoms with E-state index in [0.717, 1.165) is 32.3 Å². The first-order valence-corrected chi connectivity index (χ1v) is 12.3. The van der Waals surface area contributed by atoms with Crippen molar-refractivity contribution in [2.75, 3.05) is 6.54 Å². The molecule has 1 N–H and O–H groups in total. The van der Waals surface area contributed by atoms with Crippen molar-refractivity contribution in [2.45, 2.75) is 40.4 Å². The number of alkyl halides is 3. The summed E-state index contributed by atoms with van der Waals surface area (Å²) in [6.07, 6.45) is 0.496. The fourth-order valence-corrected chi connectivity index (χ4v) is 4.46. The Kier molecular flexibility index (Phi) is 7.57. The maximum absolute atomic E-state index is 13.4. The van der Waals surface area contributed by atoms with Crippen LogP contribution in [-0.4, -0.2) is 47.5 Å². The topological polar surface area (TPSA) is 99.6 Å². The highest BCUT2D eigenvalue weighted by Crippen LogP contribution is 2.30. The summed E-state index contributed by atoms with van der Waals surface area (Å²) >= 11 is 0. The molecule has 0 fully saturated rings. The lowest BCUT2D eigenvalue weighted by Crippen LogP contribution is -2.37. The lowest BCUT2D eigenvalue weighted by atomic mass is 10.1. The molecule has 0 aliphatic rings. The monoisotopic (exact) mass is 539 g/mol. The van der Waals surface area contributed by atoms with Crippen molar-refractivity contribution in [2.24, 2.45) is 7.05 Å². The number of para-hydroxylation sites is 1. The SMILES string of the molecule is CC.Cc1ncc2c(cnn2C)c1-c1ccc(-n2c(=O)n(CC(=O)NCC(F)(F)F)c3cccc(C)c32)cn1. The zero-order valence-electron chi connectivity index (χ0n) is 22.2. The van der Waals surface area contributed by atoms with E-state index in [9.17, 15) is 22.8 Å². The van der Waals surface area contributed by atoms with Crippen LogP contribution < -0.4 is 11.0 Å². The number of fused-ring (bicyclic) bond motifs is 2. The van der Waals surface area contributed by atoms with E-state index in [4.69, 9.17) is 0 Å². The van der Waals surface area contributed by atoms with Crippen LogP contribution in [0, 0.1) is 13.8 Å². The van der Waals surface area contributed by atoms with E-state index in [0.29, 0.717) is 22.4 Å². The summed E-state index contributed by atoms with van der Waals surface area (Å²) in [4.78, 5) is 34.7. The van der Waals surface area contributed by atoms with Gasteiger partial charge in [0.1, 0.15) is 13.1 Å². The van der Waals surface area contributed by atoms with Crippen LogP contribution in [-0.2, 0) is 18.4 Å². The van der Waals surface area contributed by atoms with E-state index in [1.54, 1.807) is 47.5 Å². The van der Waals surface area contributed by atoms with Crippen LogP contribution in [0.15, 0.2) is 53.7 Å². The Balaban J connectivity index is 0.00000172. The highest BCUT2D eigenvalue weighted by molar-refractivity contribution is 5.94. The number of carbonyl (C=O) groups excluding carboxylic acids is 1. The van der Waals surface area contributed by atoms with Gasteiger partial charge in [-0.2, -0.15) is 18.3 Å². The molecule has 5 rings (SSSR count). The van der Waals surface area contributed by atoms with Crippen LogP contribution in [0.3, 0.4) is 0 Å². The molecule has 0 unspecified atom stereocenters. The maximum atomic E-state index is 13.4. The van der Waals surface area contributed by atoms with E-state index in [2.05, 4.69) is 15.1 Å². The summed E-state index contributed by atoms with van der Waals surface area (Å²) in [5.74, 6) is -0.916. The molecule has 0 spiro atoms. The molecule has 0 saturated carbocycles. The largest absolute Gasteiger partial charge is 0.405 e. The Hall–Kier alpha value is -4.48. The predicted octanol–water partition coefficient (Wildman–Crippen LogP) is 4.46. The average molecular weight is 540 g/mol. The number of carbonyl (C=O) groups is 1. The molecule has 0 radical (unpaired) electrons. The minimum Gasteiger partial charge on any atom is -0.345 e. The lowest BCUT2D eigenvalue weighted by Gasteiger charge is -2.09. The van der Waals surface area contributed by atoms with Crippen LogP contribution >= 0.6 is 0 Å². The van der Waals surface area contributed by atoms with Gasteiger partial charge in [-0.25, -0.2) is 4.79 Å². The molecule has 4 aromatic heterocycles. The van der Waals surface area contributed by atoms with Crippen molar-refractivity contribution in [3.63, 3.8) is 0 Å². The summed E-state index contributed by atoms with van der Waals surface area (Å²) in [6.45, 7) is 5.66. The number of halogens is 3. The first-order chi connectivity index (χ1) is 18.5. The fourth-order valence-electron chi connectivity index (χ4n) is 4.46. The molecular weight excluding hydrogens is 511 g/mol. The van der Waals surface area contributed by atoms with Crippen molar-refractivity contribution < 1.29 is 18.0 Å². The number of benzene rings is 1. The first-order valence-electron chi connectivity index (χ1n) is 12.3. The molecule has 0 bridgehead atoms. The van der Waals surface area contributed by atoms with Gasteiger partial charge in [0.05, 0.1) is 46.5 Å². The minimum atomic E-state index is -4.55. The van der Waals surface area contributed by atoms with Gasteiger partial charge in [0.2, 0.25) is 5.91 Å². The standard InChI is InChI=1S/C25H22F3N7O2.C2H6/c1-14-5-4-6-19-23(14)35(24(37)34(19)12-21(36)31-13-25(26,27)28)16-7-8-18(30-9-16)22-15(2)29-11-20-17(22)10-32-33(20)3;1-2/h4-11H,12-13H2,1-3H3,(H,31,36);1-2H3. The van der Waals surface area contributed by atoms with Crippen molar-refractivity contribution in [1.29, 1.82) is 0 Å². The molecule has 0 atom stereocenters. The third-order valence-electron chi connectivity index (χ3n) is 6.20. The zero-order chi connectivity index (χ0) is 28.5. The number of amides is 1. The smallest absolute Gasteiger partial charge is 0.345 e. The lowest BCUT2D eigenvalue weighted by molar-refractivity contribution is -0.138. The summed E-state index contributed by atoms with van der Waals surface area (Å²) in [6, 6.07) is 8.69. The Morgan fingerprint density at radius 1 is 1.00 bits per heavy atom. The Morgan fingerprint density at radius 2 is 1.74 bits per heavy atom. The van der Waals surface area contributed by atoms with Crippen molar-refractivity contribution >= 4 is 27.8 Å². The number of pyridine rings is 2. The highest BCUT2D eigenvalue weighted by atomic mass is 19.4. The molecule has 5 aromatic rings. The van der Waals surface area contributed by atoms with E-state index in [-0.39, 0.29) is 0 Å². The second-order valence-electron chi connectivity index (χ2n) is 8.73. The molecule has 9 nitrogen and oxygen atoms in total. The van der Waals surface area contributed by atoms with Gasteiger partial charge >= 0.3 is 11.9 Å². The van der Waals surface area contributed by atoms with Crippen LogP contribution in [0.4, 0.5) is 13.2 Å². The van der Waals surface area contributed by atoms with Crippen molar-refractivity contribution in [3.05, 3.63) is 70.7 Å². The second-order valence-corrected chi connectivity index (χ2v) is 8.73. The summed E-state index contributed by atoms with van der Waals surface area (Å²) in [5, 5.41) is 7.01. The van der Waals surface area contributed by atoms with Crippen LogP contribution in [0.25, 0.3) is 38.9 Å². The maximum Gasteiger partial charge on any atom is 0.405 e. The Labute approximate surface area is 221 Å². The molecule has 0 aliphatic heterocycles. The molecule has 1 aromatic carbocycles. The number of nitrogens with zero attached hydrogens (tertiary/aromatic N) is 6. The van der Waals surface area contributed by atoms with Gasteiger partial charge in [0, 0.05) is 23.7 Å².